The van der Waals surface area contributed by atoms with Gasteiger partial charge < -0.3 is 15.4 Å². The first-order valence-electron chi connectivity index (χ1n) is 9.77. The number of hydrogen-bond acceptors (Lipinski definition) is 5. The van der Waals surface area contributed by atoms with Crippen LogP contribution in [-0.4, -0.2) is 24.2 Å². The number of thioether (sulfide) groups is 1. The molecule has 2 N–H and O–H groups in total. The van der Waals surface area contributed by atoms with Crippen LogP contribution in [0.15, 0.2) is 53.1 Å². The van der Waals surface area contributed by atoms with E-state index >= 15 is 0 Å². The molecule has 8 heteroatoms. The zero-order valence-electron chi connectivity index (χ0n) is 17.2. The van der Waals surface area contributed by atoms with E-state index in [1.807, 2.05) is 38.1 Å². The van der Waals surface area contributed by atoms with E-state index in [1.165, 1.54) is 0 Å². The van der Waals surface area contributed by atoms with Gasteiger partial charge in [-0.3, -0.25) is 9.59 Å². The lowest BCUT2D eigenvalue weighted by Crippen LogP contribution is -2.31. The Hall–Kier alpha value is -2.95. The van der Waals surface area contributed by atoms with E-state index in [-0.39, 0.29) is 29.9 Å². The lowest BCUT2D eigenvalue weighted by Gasteiger charge is -2.25. The summed E-state index contributed by atoms with van der Waals surface area (Å²) < 4.78 is 5.46. The van der Waals surface area contributed by atoms with E-state index in [4.69, 9.17) is 16.3 Å². The largest absolute Gasteiger partial charge is 0.494 e. The van der Waals surface area contributed by atoms with Crippen molar-refractivity contribution in [3.63, 3.8) is 0 Å². The highest BCUT2D eigenvalue weighted by molar-refractivity contribution is 8.03. The van der Waals surface area contributed by atoms with Gasteiger partial charge >= 0.3 is 0 Å². The van der Waals surface area contributed by atoms with Crippen LogP contribution in [0.3, 0.4) is 0 Å². The van der Waals surface area contributed by atoms with Crippen LogP contribution in [0.25, 0.3) is 0 Å². The Morgan fingerprint density at radius 1 is 1.32 bits per heavy atom. The average Bonchev–Trinajstić information content (AvgIpc) is 2.76. The summed E-state index contributed by atoms with van der Waals surface area (Å²) in [5.74, 6) is -0.0289. The van der Waals surface area contributed by atoms with Gasteiger partial charge in [0.1, 0.15) is 5.75 Å². The van der Waals surface area contributed by atoms with Gasteiger partial charge in [-0.2, -0.15) is 5.26 Å². The molecule has 2 amide bonds. The third-order valence-electron chi connectivity index (χ3n) is 4.84. The molecular weight excluding hydrogens is 434 g/mol. The Balaban J connectivity index is 1.75. The number of allylic oxidation sites excluding steroid dienone is 1. The second kappa shape index (κ2) is 10.4. The number of ether oxygens (including phenoxy) is 1. The number of hydrogen-bond donors (Lipinski definition) is 2. The normalized spacial score (nSPS) is 15.8. The predicted octanol–water partition coefficient (Wildman–Crippen LogP) is 4.76. The number of nitrogens with one attached hydrogen (secondary N) is 2. The average molecular weight is 456 g/mol. The number of benzene rings is 2. The molecule has 0 radical (unpaired) electrons. The topological polar surface area (TPSA) is 91.2 Å². The molecule has 1 atom stereocenters. The maximum Gasteiger partial charge on any atom is 0.234 e. The molecule has 160 valence electrons. The fourth-order valence-electron chi connectivity index (χ4n) is 3.25. The zero-order chi connectivity index (χ0) is 22.4. The minimum Gasteiger partial charge on any atom is -0.494 e. The van der Waals surface area contributed by atoms with Crippen molar-refractivity contribution < 1.29 is 14.3 Å². The van der Waals surface area contributed by atoms with E-state index in [9.17, 15) is 14.9 Å². The van der Waals surface area contributed by atoms with Crippen LogP contribution in [-0.2, 0) is 9.59 Å². The third kappa shape index (κ3) is 5.60. The van der Waals surface area contributed by atoms with Crippen molar-refractivity contribution >= 4 is 40.9 Å². The van der Waals surface area contributed by atoms with E-state index in [1.54, 1.807) is 18.2 Å². The summed E-state index contributed by atoms with van der Waals surface area (Å²) in [5.41, 5.74) is 2.71. The van der Waals surface area contributed by atoms with Crippen molar-refractivity contribution in [2.24, 2.45) is 0 Å². The fourth-order valence-corrected chi connectivity index (χ4v) is 4.30. The molecule has 0 aliphatic carbocycles. The first-order chi connectivity index (χ1) is 14.9. The van der Waals surface area contributed by atoms with Gasteiger partial charge in [-0.1, -0.05) is 41.6 Å². The van der Waals surface area contributed by atoms with E-state index < -0.39 is 0 Å². The maximum absolute atomic E-state index is 12.4. The van der Waals surface area contributed by atoms with Gasteiger partial charge in [0.2, 0.25) is 11.8 Å². The Kier molecular flexibility index (Phi) is 7.61. The van der Waals surface area contributed by atoms with Crippen LogP contribution < -0.4 is 15.4 Å². The monoisotopic (exact) mass is 455 g/mol. The van der Waals surface area contributed by atoms with Crippen LogP contribution in [0.2, 0.25) is 5.02 Å². The smallest absolute Gasteiger partial charge is 0.234 e. The number of amides is 2. The molecule has 1 aliphatic heterocycles. The fraction of sp³-hybridized carbons (Fsp3) is 0.261. The van der Waals surface area contributed by atoms with Crippen molar-refractivity contribution in [2.45, 2.75) is 26.2 Å². The molecule has 31 heavy (non-hydrogen) atoms. The molecule has 2 aromatic carbocycles. The molecule has 0 bridgehead atoms. The highest BCUT2D eigenvalue weighted by Crippen LogP contribution is 2.36. The summed E-state index contributed by atoms with van der Waals surface area (Å²) in [4.78, 5) is 24.7. The van der Waals surface area contributed by atoms with Crippen LogP contribution in [0, 0.1) is 18.3 Å². The number of carbonyl (C=O) groups is 2. The van der Waals surface area contributed by atoms with Crippen LogP contribution in [0.1, 0.15) is 30.4 Å². The zero-order valence-corrected chi connectivity index (χ0v) is 18.8. The molecule has 1 heterocycles. The van der Waals surface area contributed by atoms with Gasteiger partial charge in [-0.25, -0.2) is 0 Å². The first-order valence-corrected chi connectivity index (χ1v) is 11.1. The lowest BCUT2D eigenvalue weighted by atomic mass is 9.87. The van der Waals surface area contributed by atoms with E-state index in [0.717, 1.165) is 28.6 Å². The quantitative estimate of drug-likeness (QED) is 0.628. The van der Waals surface area contributed by atoms with Crippen molar-refractivity contribution in [1.82, 2.24) is 5.32 Å². The Labute approximate surface area is 190 Å². The van der Waals surface area contributed by atoms with Gasteiger partial charge in [-0.05, 0) is 49.2 Å². The molecule has 1 aliphatic rings. The number of rotatable bonds is 7. The van der Waals surface area contributed by atoms with Crippen LogP contribution in [0.5, 0.6) is 5.75 Å². The van der Waals surface area contributed by atoms with E-state index in [2.05, 4.69) is 16.7 Å². The molecule has 0 saturated carbocycles. The van der Waals surface area contributed by atoms with E-state index in [0.29, 0.717) is 27.9 Å². The third-order valence-corrected chi connectivity index (χ3v) is 6.27. The molecule has 0 aromatic heterocycles. The first kappa shape index (κ1) is 22.7. The number of nitriles is 1. The summed E-state index contributed by atoms with van der Waals surface area (Å²) in [6, 6.07) is 14.9. The highest BCUT2D eigenvalue weighted by atomic mass is 35.5. The number of halogens is 1. The lowest BCUT2D eigenvalue weighted by molar-refractivity contribution is -0.121. The Morgan fingerprint density at radius 3 is 2.74 bits per heavy atom. The SMILES string of the molecule is CCOc1ccc([C@@H]2CC(=O)NC(SCC(=O)Nc3cccc(Cl)c3C)=C2C#N)cc1. The minimum atomic E-state index is -0.366. The number of carbonyl (C=O) groups excluding carboxylic acids is 2. The van der Waals surface area contributed by atoms with Gasteiger partial charge in [0.15, 0.2) is 0 Å². The van der Waals surface area contributed by atoms with Gasteiger partial charge in [0, 0.05) is 23.0 Å². The molecule has 0 spiro atoms. The van der Waals surface area contributed by atoms with Crippen molar-refractivity contribution in [1.29, 1.82) is 5.26 Å². The Morgan fingerprint density at radius 2 is 2.06 bits per heavy atom. The number of anilines is 1. The Bertz CT molecular complexity index is 1060. The van der Waals surface area contributed by atoms with Crippen LogP contribution in [0.4, 0.5) is 5.69 Å². The molecule has 0 saturated heterocycles. The molecule has 2 aromatic rings. The summed E-state index contributed by atoms with van der Waals surface area (Å²) >= 11 is 7.23. The molecule has 0 fully saturated rings. The minimum absolute atomic E-state index is 0.0444. The second-order valence-electron chi connectivity index (χ2n) is 6.91. The highest BCUT2D eigenvalue weighted by Gasteiger charge is 2.30. The van der Waals surface area contributed by atoms with Crippen molar-refractivity contribution in [3.8, 4) is 11.8 Å². The van der Waals surface area contributed by atoms with Gasteiger partial charge in [0.05, 0.1) is 29.0 Å². The number of nitrogens with zero attached hydrogens (tertiary/aromatic N) is 1. The predicted molar refractivity (Wildman–Crippen MR) is 123 cm³/mol. The second-order valence-corrected chi connectivity index (χ2v) is 8.30. The summed E-state index contributed by atoms with van der Waals surface area (Å²) in [6.45, 7) is 4.29. The summed E-state index contributed by atoms with van der Waals surface area (Å²) in [6.07, 6.45) is 0.175. The maximum atomic E-state index is 12.4. The summed E-state index contributed by atoms with van der Waals surface area (Å²) in [7, 11) is 0. The molecular formula is C23H22ClN3O3S. The van der Waals surface area contributed by atoms with Gasteiger partial charge in [0.25, 0.3) is 0 Å². The van der Waals surface area contributed by atoms with Crippen molar-refractivity contribution in [3.05, 3.63) is 69.2 Å². The molecule has 3 rings (SSSR count). The van der Waals surface area contributed by atoms with Crippen molar-refractivity contribution in [2.75, 3.05) is 17.7 Å². The standard InChI is InChI=1S/C23H22ClN3O3S/c1-3-30-16-9-7-15(8-10-16)17-11-21(28)27-23(18(17)12-25)31-13-22(29)26-20-6-4-5-19(24)14(20)2/h4-10,17H,3,11,13H2,1-2H3,(H,26,29)(H,27,28)/t17-/m0/s1. The molecule has 0 unspecified atom stereocenters. The molecule has 6 nitrogen and oxygen atoms in total. The van der Waals surface area contributed by atoms with Gasteiger partial charge in [-0.15, -0.1) is 0 Å². The van der Waals surface area contributed by atoms with Crippen LogP contribution >= 0.6 is 23.4 Å². The summed E-state index contributed by atoms with van der Waals surface area (Å²) in [5, 5.41) is 16.3.